The molecular weight excluding hydrogens is 262 g/mol. The Morgan fingerprint density at radius 2 is 1.90 bits per heavy atom. The number of furan rings is 1. The normalized spacial score (nSPS) is 22.1. The van der Waals surface area contributed by atoms with Crippen molar-refractivity contribution < 1.29 is 4.42 Å². The van der Waals surface area contributed by atoms with E-state index in [2.05, 4.69) is 21.2 Å². The van der Waals surface area contributed by atoms with Gasteiger partial charge in [0.1, 0.15) is 5.76 Å². The largest absolute Gasteiger partial charge is 0.468 e. The molecule has 0 saturated carbocycles. The molecule has 0 spiro atoms. The fourth-order valence-corrected chi connectivity index (χ4v) is 3.68. The van der Waals surface area contributed by atoms with E-state index in [1.165, 1.54) is 64.0 Å². The number of likely N-dealkylation sites (tertiary alicyclic amines) is 2. The summed E-state index contributed by atoms with van der Waals surface area (Å²) in [6, 6.07) is 2.19. The zero-order valence-electron chi connectivity index (χ0n) is 13.3. The van der Waals surface area contributed by atoms with Crippen molar-refractivity contribution in [2.24, 2.45) is 5.92 Å². The molecular formula is C17H29N3O. The van der Waals surface area contributed by atoms with E-state index in [1.54, 1.807) is 0 Å². The van der Waals surface area contributed by atoms with Crippen LogP contribution in [0.1, 0.15) is 37.0 Å². The fourth-order valence-electron chi connectivity index (χ4n) is 3.68. The van der Waals surface area contributed by atoms with Gasteiger partial charge in [-0.3, -0.25) is 4.90 Å². The van der Waals surface area contributed by atoms with Crippen LogP contribution in [-0.4, -0.2) is 49.6 Å². The summed E-state index contributed by atoms with van der Waals surface area (Å²) in [7, 11) is 1.97. The lowest BCUT2D eigenvalue weighted by molar-refractivity contribution is 0.142. The van der Waals surface area contributed by atoms with Crippen LogP contribution in [0.25, 0.3) is 0 Å². The van der Waals surface area contributed by atoms with Crippen LogP contribution in [0.4, 0.5) is 0 Å². The Labute approximate surface area is 128 Å². The Balaban J connectivity index is 1.40. The van der Waals surface area contributed by atoms with Crippen LogP contribution in [0.3, 0.4) is 0 Å². The summed E-state index contributed by atoms with van der Waals surface area (Å²) in [4.78, 5) is 5.21. The van der Waals surface area contributed by atoms with Gasteiger partial charge >= 0.3 is 0 Å². The van der Waals surface area contributed by atoms with Crippen molar-refractivity contribution in [2.75, 3.05) is 39.8 Å². The first kappa shape index (κ1) is 15.1. The minimum Gasteiger partial charge on any atom is -0.468 e. The quantitative estimate of drug-likeness (QED) is 0.871. The third-order valence-electron chi connectivity index (χ3n) is 4.89. The first-order valence-electron chi connectivity index (χ1n) is 8.49. The van der Waals surface area contributed by atoms with Gasteiger partial charge in [-0.05, 0) is 70.9 Å². The van der Waals surface area contributed by atoms with E-state index in [0.717, 1.165) is 24.8 Å². The van der Waals surface area contributed by atoms with Crippen LogP contribution in [0.5, 0.6) is 0 Å². The maximum absolute atomic E-state index is 5.66. The van der Waals surface area contributed by atoms with E-state index in [-0.39, 0.29) is 0 Å². The molecule has 2 fully saturated rings. The van der Waals surface area contributed by atoms with Crippen molar-refractivity contribution in [1.29, 1.82) is 0 Å². The average Bonchev–Trinajstić information content (AvgIpc) is 3.14. The fraction of sp³-hybridized carbons (Fsp3) is 0.765. The topological polar surface area (TPSA) is 31.7 Å². The maximum Gasteiger partial charge on any atom is 0.118 e. The van der Waals surface area contributed by atoms with Gasteiger partial charge in [0.15, 0.2) is 0 Å². The minimum atomic E-state index is 0.890. The molecule has 4 heteroatoms. The highest BCUT2D eigenvalue weighted by Gasteiger charge is 2.23. The average molecular weight is 291 g/mol. The molecule has 21 heavy (non-hydrogen) atoms. The van der Waals surface area contributed by atoms with Gasteiger partial charge in [0.25, 0.3) is 0 Å². The summed E-state index contributed by atoms with van der Waals surface area (Å²) in [6.07, 6.45) is 7.39. The van der Waals surface area contributed by atoms with Gasteiger partial charge in [0, 0.05) is 18.7 Å². The number of hydrogen-bond donors (Lipinski definition) is 1. The number of rotatable bonds is 6. The molecule has 2 aliphatic heterocycles. The predicted molar refractivity (Wildman–Crippen MR) is 85.1 cm³/mol. The van der Waals surface area contributed by atoms with E-state index in [0.29, 0.717) is 0 Å². The van der Waals surface area contributed by atoms with Gasteiger partial charge in [-0.15, -0.1) is 0 Å². The molecule has 1 N–H and O–H groups in total. The van der Waals surface area contributed by atoms with Gasteiger partial charge < -0.3 is 14.6 Å². The zero-order chi connectivity index (χ0) is 14.5. The Hall–Kier alpha value is -0.840. The standard InChI is InChI=1S/C17H29N3O/c1-18-11-16-10-17(21-14-16)13-20-8-4-15(5-9-20)12-19-6-2-3-7-19/h10,14-15,18H,2-9,11-13H2,1H3. The van der Waals surface area contributed by atoms with Gasteiger partial charge in [-0.1, -0.05) is 0 Å². The molecule has 118 valence electrons. The van der Waals surface area contributed by atoms with Crippen molar-refractivity contribution in [1.82, 2.24) is 15.1 Å². The number of nitrogens with one attached hydrogen (secondary N) is 1. The summed E-state index contributed by atoms with van der Waals surface area (Å²) < 4.78 is 5.66. The molecule has 0 atom stereocenters. The highest BCUT2D eigenvalue weighted by molar-refractivity contribution is 5.12. The van der Waals surface area contributed by atoms with Crippen molar-refractivity contribution in [2.45, 2.75) is 38.8 Å². The Morgan fingerprint density at radius 1 is 1.14 bits per heavy atom. The summed E-state index contributed by atoms with van der Waals surface area (Å²) in [5.41, 5.74) is 1.25. The number of hydrogen-bond acceptors (Lipinski definition) is 4. The molecule has 1 aromatic rings. The lowest BCUT2D eigenvalue weighted by atomic mass is 9.96. The molecule has 0 amide bonds. The molecule has 3 heterocycles. The molecule has 2 saturated heterocycles. The van der Waals surface area contributed by atoms with Gasteiger partial charge in [0.2, 0.25) is 0 Å². The van der Waals surface area contributed by atoms with E-state index in [1.807, 2.05) is 13.3 Å². The van der Waals surface area contributed by atoms with Crippen molar-refractivity contribution in [3.05, 3.63) is 23.7 Å². The third-order valence-corrected chi connectivity index (χ3v) is 4.89. The second-order valence-electron chi connectivity index (χ2n) is 6.68. The van der Waals surface area contributed by atoms with Gasteiger partial charge in [-0.25, -0.2) is 0 Å². The number of nitrogens with zero attached hydrogens (tertiary/aromatic N) is 2. The lowest BCUT2D eigenvalue weighted by Gasteiger charge is -2.33. The van der Waals surface area contributed by atoms with Crippen LogP contribution >= 0.6 is 0 Å². The molecule has 4 nitrogen and oxygen atoms in total. The van der Waals surface area contributed by atoms with Crippen LogP contribution in [0.2, 0.25) is 0 Å². The molecule has 2 aliphatic rings. The first-order valence-corrected chi connectivity index (χ1v) is 8.49. The van der Waals surface area contributed by atoms with Crippen molar-refractivity contribution in [3.8, 4) is 0 Å². The molecule has 0 unspecified atom stereocenters. The zero-order valence-corrected chi connectivity index (χ0v) is 13.3. The van der Waals surface area contributed by atoms with Gasteiger partial charge in [0.05, 0.1) is 12.8 Å². The summed E-state index contributed by atoms with van der Waals surface area (Å²) in [5.74, 6) is 2.02. The molecule has 0 aromatic carbocycles. The van der Waals surface area contributed by atoms with E-state index in [4.69, 9.17) is 4.42 Å². The third kappa shape index (κ3) is 4.31. The van der Waals surface area contributed by atoms with E-state index < -0.39 is 0 Å². The minimum absolute atomic E-state index is 0.890. The highest BCUT2D eigenvalue weighted by Crippen LogP contribution is 2.22. The number of piperidine rings is 1. The monoisotopic (exact) mass is 291 g/mol. The van der Waals surface area contributed by atoms with Gasteiger partial charge in [-0.2, -0.15) is 0 Å². The SMILES string of the molecule is CNCc1coc(CN2CCC(CN3CCCC3)CC2)c1. The second kappa shape index (κ2) is 7.43. The van der Waals surface area contributed by atoms with E-state index in [9.17, 15) is 0 Å². The molecule has 0 aliphatic carbocycles. The lowest BCUT2D eigenvalue weighted by Crippen LogP contribution is -2.37. The summed E-state index contributed by atoms with van der Waals surface area (Å²) >= 11 is 0. The van der Waals surface area contributed by atoms with Crippen LogP contribution in [0, 0.1) is 5.92 Å². The van der Waals surface area contributed by atoms with Crippen LogP contribution in [0.15, 0.2) is 16.7 Å². The molecule has 0 radical (unpaired) electrons. The highest BCUT2D eigenvalue weighted by atomic mass is 16.3. The maximum atomic E-state index is 5.66. The Bertz CT molecular complexity index is 417. The summed E-state index contributed by atoms with van der Waals surface area (Å²) in [6.45, 7) is 8.31. The Morgan fingerprint density at radius 3 is 2.62 bits per heavy atom. The van der Waals surface area contributed by atoms with Crippen LogP contribution in [-0.2, 0) is 13.1 Å². The molecule has 3 rings (SSSR count). The smallest absolute Gasteiger partial charge is 0.118 e. The summed E-state index contributed by atoms with van der Waals surface area (Å²) in [5, 5.41) is 3.16. The predicted octanol–water partition coefficient (Wildman–Crippen LogP) is 2.31. The van der Waals surface area contributed by atoms with Crippen molar-refractivity contribution >= 4 is 0 Å². The molecule has 0 bridgehead atoms. The van der Waals surface area contributed by atoms with Crippen molar-refractivity contribution in [3.63, 3.8) is 0 Å². The second-order valence-corrected chi connectivity index (χ2v) is 6.68. The molecule has 1 aromatic heterocycles. The first-order chi connectivity index (χ1) is 10.3. The van der Waals surface area contributed by atoms with E-state index >= 15 is 0 Å². The van der Waals surface area contributed by atoms with Crippen LogP contribution < -0.4 is 5.32 Å². The Kier molecular flexibility index (Phi) is 5.33.